The Morgan fingerprint density at radius 1 is 1.26 bits per heavy atom. The highest BCUT2D eigenvalue weighted by atomic mass is 32.1. The number of ether oxygens (including phenoxy) is 2. The monoisotopic (exact) mass is 277 g/mol. The van der Waals surface area contributed by atoms with E-state index in [4.69, 9.17) is 15.2 Å². The van der Waals surface area contributed by atoms with E-state index in [0.29, 0.717) is 13.2 Å². The lowest BCUT2D eigenvalue weighted by Crippen LogP contribution is -2.14. The quantitative estimate of drug-likeness (QED) is 0.881. The summed E-state index contributed by atoms with van der Waals surface area (Å²) in [5, 5.41) is 0. The van der Waals surface area contributed by atoms with Crippen LogP contribution in [0.1, 0.15) is 21.4 Å². The van der Waals surface area contributed by atoms with Gasteiger partial charge in [0.05, 0.1) is 13.7 Å². The molecule has 102 valence electrons. The van der Waals surface area contributed by atoms with E-state index >= 15 is 0 Å². The lowest BCUT2D eigenvalue weighted by Gasteiger charge is -2.14. The predicted molar refractivity (Wildman–Crippen MR) is 78.6 cm³/mol. The Morgan fingerprint density at radius 3 is 2.74 bits per heavy atom. The van der Waals surface area contributed by atoms with Crippen LogP contribution in [0.3, 0.4) is 0 Å². The first-order chi connectivity index (χ1) is 9.22. The van der Waals surface area contributed by atoms with Crippen LogP contribution in [-0.4, -0.2) is 13.7 Å². The maximum atomic E-state index is 5.91. The SMILES string of the molecule is COc1cccc(COC(CN)c2ccc(C)s2)c1. The molecule has 1 aromatic carbocycles. The summed E-state index contributed by atoms with van der Waals surface area (Å²) in [6.07, 6.45) is -0.0371. The lowest BCUT2D eigenvalue weighted by molar-refractivity contribution is 0.0479. The summed E-state index contributed by atoms with van der Waals surface area (Å²) < 4.78 is 11.1. The van der Waals surface area contributed by atoms with Gasteiger partial charge < -0.3 is 15.2 Å². The normalized spacial score (nSPS) is 12.4. The van der Waals surface area contributed by atoms with Gasteiger partial charge in [0.2, 0.25) is 0 Å². The highest BCUT2D eigenvalue weighted by Gasteiger charge is 2.12. The number of rotatable bonds is 6. The van der Waals surface area contributed by atoms with Gasteiger partial charge in [-0.3, -0.25) is 0 Å². The van der Waals surface area contributed by atoms with Gasteiger partial charge in [-0.15, -0.1) is 11.3 Å². The maximum Gasteiger partial charge on any atom is 0.119 e. The average molecular weight is 277 g/mol. The van der Waals surface area contributed by atoms with Crippen LogP contribution >= 0.6 is 11.3 Å². The smallest absolute Gasteiger partial charge is 0.119 e. The summed E-state index contributed by atoms with van der Waals surface area (Å²) in [4.78, 5) is 2.46. The van der Waals surface area contributed by atoms with Crippen molar-refractivity contribution in [1.82, 2.24) is 0 Å². The first kappa shape index (κ1) is 14.1. The Bertz CT molecular complexity index is 524. The van der Waals surface area contributed by atoms with Crippen LogP contribution in [0.2, 0.25) is 0 Å². The summed E-state index contributed by atoms with van der Waals surface area (Å²) in [6.45, 7) is 3.11. The molecular weight excluding hydrogens is 258 g/mol. The molecule has 3 nitrogen and oxygen atoms in total. The number of hydrogen-bond donors (Lipinski definition) is 1. The van der Waals surface area contributed by atoms with Crippen molar-refractivity contribution in [3.63, 3.8) is 0 Å². The van der Waals surface area contributed by atoms with E-state index < -0.39 is 0 Å². The molecule has 4 heteroatoms. The summed E-state index contributed by atoms with van der Waals surface area (Å²) in [5.41, 5.74) is 6.88. The van der Waals surface area contributed by atoms with Crippen LogP contribution < -0.4 is 10.5 Å². The minimum Gasteiger partial charge on any atom is -0.497 e. The fourth-order valence-electron chi connectivity index (χ4n) is 1.85. The number of benzene rings is 1. The van der Waals surface area contributed by atoms with Gasteiger partial charge in [0.1, 0.15) is 11.9 Å². The van der Waals surface area contributed by atoms with Crippen LogP contribution in [0.5, 0.6) is 5.75 Å². The molecule has 1 atom stereocenters. The lowest BCUT2D eigenvalue weighted by atomic mass is 10.2. The molecule has 1 heterocycles. The largest absolute Gasteiger partial charge is 0.497 e. The van der Waals surface area contributed by atoms with Gasteiger partial charge in [0.25, 0.3) is 0 Å². The Balaban J connectivity index is 1.99. The molecule has 2 N–H and O–H groups in total. The van der Waals surface area contributed by atoms with Gasteiger partial charge in [-0.05, 0) is 36.8 Å². The van der Waals surface area contributed by atoms with Gasteiger partial charge in [0, 0.05) is 16.3 Å². The second kappa shape index (κ2) is 6.70. The molecule has 0 amide bonds. The molecule has 2 rings (SSSR count). The van der Waals surface area contributed by atoms with E-state index in [1.54, 1.807) is 18.4 Å². The minimum absolute atomic E-state index is 0.0371. The zero-order valence-electron chi connectivity index (χ0n) is 11.3. The summed E-state index contributed by atoms with van der Waals surface area (Å²) >= 11 is 1.73. The molecule has 0 aliphatic heterocycles. The zero-order valence-corrected chi connectivity index (χ0v) is 12.1. The molecule has 0 aliphatic rings. The van der Waals surface area contributed by atoms with Gasteiger partial charge in [0.15, 0.2) is 0 Å². The number of nitrogens with two attached hydrogens (primary N) is 1. The van der Waals surface area contributed by atoms with E-state index in [0.717, 1.165) is 11.3 Å². The Hall–Kier alpha value is -1.36. The Kier molecular flexibility index (Phi) is 4.96. The molecule has 2 aromatic rings. The van der Waals surface area contributed by atoms with Gasteiger partial charge in [-0.25, -0.2) is 0 Å². The van der Waals surface area contributed by atoms with E-state index in [1.807, 2.05) is 24.3 Å². The fourth-order valence-corrected chi connectivity index (χ4v) is 2.79. The average Bonchev–Trinajstić information content (AvgIpc) is 2.86. The number of hydrogen-bond acceptors (Lipinski definition) is 4. The standard InChI is InChI=1S/C15H19NO2S/c1-11-6-7-15(19-11)14(9-16)18-10-12-4-3-5-13(8-12)17-2/h3-8,14H,9-10,16H2,1-2H3. The molecule has 0 radical (unpaired) electrons. The minimum atomic E-state index is -0.0371. The summed E-state index contributed by atoms with van der Waals surface area (Å²) in [7, 11) is 1.66. The van der Waals surface area contributed by atoms with Crippen molar-refractivity contribution in [1.29, 1.82) is 0 Å². The van der Waals surface area contributed by atoms with Crippen molar-refractivity contribution < 1.29 is 9.47 Å². The Labute approximate surface area is 118 Å². The molecule has 0 bridgehead atoms. The maximum absolute atomic E-state index is 5.91. The molecule has 0 saturated carbocycles. The Morgan fingerprint density at radius 2 is 2.11 bits per heavy atom. The van der Waals surface area contributed by atoms with Gasteiger partial charge >= 0.3 is 0 Å². The van der Waals surface area contributed by atoms with Gasteiger partial charge in [-0.2, -0.15) is 0 Å². The van der Waals surface area contributed by atoms with Crippen LogP contribution in [-0.2, 0) is 11.3 Å². The topological polar surface area (TPSA) is 44.5 Å². The third kappa shape index (κ3) is 3.80. The summed E-state index contributed by atoms with van der Waals surface area (Å²) in [6, 6.07) is 12.1. The molecule has 1 unspecified atom stereocenters. The summed E-state index contributed by atoms with van der Waals surface area (Å²) in [5.74, 6) is 0.845. The third-order valence-corrected chi connectivity index (χ3v) is 3.97. The number of methoxy groups -OCH3 is 1. The van der Waals surface area contributed by atoms with E-state index in [-0.39, 0.29) is 6.10 Å². The molecule has 0 saturated heterocycles. The van der Waals surface area contributed by atoms with E-state index in [2.05, 4.69) is 19.1 Å². The molecular formula is C15H19NO2S. The second-order valence-corrected chi connectivity index (χ2v) is 5.65. The van der Waals surface area contributed by atoms with Crippen molar-refractivity contribution in [3.05, 3.63) is 51.7 Å². The molecule has 0 spiro atoms. The zero-order chi connectivity index (χ0) is 13.7. The molecule has 0 aliphatic carbocycles. The number of thiophene rings is 1. The molecule has 1 aromatic heterocycles. The first-order valence-electron chi connectivity index (χ1n) is 6.24. The van der Waals surface area contributed by atoms with Crippen LogP contribution in [0.25, 0.3) is 0 Å². The van der Waals surface area contributed by atoms with Crippen molar-refractivity contribution in [3.8, 4) is 5.75 Å². The van der Waals surface area contributed by atoms with Crippen LogP contribution in [0, 0.1) is 6.92 Å². The first-order valence-corrected chi connectivity index (χ1v) is 7.05. The predicted octanol–water partition coefficient (Wildman–Crippen LogP) is 3.28. The van der Waals surface area contributed by atoms with Crippen molar-refractivity contribution in [2.75, 3.05) is 13.7 Å². The van der Waals surface area contributed by atoms with Crippen molar-refractivity contribution in [2.24, 2.45) is 5.73 Å². The van der Waals surface area contributed by atoms with E-state index in [9.17, 15) is 0 Å². The number of aryl methyl sites for hydroxylation is 1. The highest BCUT2D eigenvalue weighted by Crippen LogP contribution is 2.26. The van der Waals surface area contributed by atoms with Crippen LogP contribution in [0.15, 0.2) is 36.4 Å². The van der Waals surface area contributed by atoms with Gasteiger partial charge in [-0.1, -0.05) is 12.1 Å². The second-order valence-electron chi connectivity index (χ2n) is 4.34. The van der Waals surface area contributed by atoms with E-state index in [1.165, 1.54) is 9.75 Å². The highest BCUT2D eigenvalue weighted by molar-refractivity contribution is 7.12. The third-order valence-electron chi connectivity index (χ3n) is 2.88. The fraction of sp³-hybridized carbons (Fsp3) is 0.333. The van der Waals surface area contributed by atoms with Crippen molar-refractivity contribution in [2.45, 2.75) is 19.6 Å². The molecule has 0 fully saturated rings. The molecule has 19 heavy (non-hydrogen) atoms. The van der Waals surface area contributed by atoms with Crippen molar-refractivity contribution >= 4 is 11.3 Å². The van der Waals surface area contributed by atoms with Crippen LogP contribution in [0.4, 0.5) is 0 Å².